The van der Waals surface area contributed by atoms with Gasteiger partial charge in [0.15, 0.2) is 37.4 Å². The van der Waals surface area contributed by atoms with Gasteiger partial charge in [-0.2, -0.15) is 0 Å². The minimum atomic E-state index is -1.98. The quantitative estimate of drug-likeness (QED) is 0.0572. The molecule has 0 saturated carbocycles. The van der Waals surface area contributed by atoms with Gasteiger partial charge in [-0.25, -0.2) is 9.59 Å². The largest absolute Gasteiger partial charge is 0.479 e. The Hall–Kier alpha value is -3.37. The van der Waals surface area contributed by atoms with Gasteiger partial charge in [0.25, 0.3) is 0 Å². The van der Waals surface area contributed by atoms with Crippen molar-refractivity contribution in [3.63, 3.8) is 0 Å². The molecule has 3 amide bonds. The summed E-state index contributed by atoms with van der Waals surface area (Å²) in [7, 11) is 0. The van der Waals surface area contributed by atoms with Gasteiger partial charge < -0.3 is 115 Å². The Morgan fingerprint density at radius 1 is 0.516 bits per heavy atom. The Morgan fingerprint density at radius 2 is 0.875 bits per heavy atom. The van der Waals surface area contributed by atoms with Crippen molar-refractivity contribution in [2.24, 2.45) is 5.73 Å². The van der Waals surface area contributed by atoms with E-state index in [1.165, 1.54) is 0 Å². The first-order valence-corrected chi connectivity index (χ1v) is 20.2. The molecule has 0 radical (unpaired) electrons. The van der Waals surface area contributed by atoms with E-state index in [-0.39, 0.29) is 0 Å². The summed E-state index contributed by atoms with van der Waals surface area (Å²) in [6, 6.07) is -6.39. The van der Waals surface area contributed by atoms with Crippen LogP contribution >= 0.6 is 0 Å². The van der Waals surface area contributed by atoms with Gasteiger partial charge in [-0.3, -0.25) is 14.4 Å². The molecule has 4 fully saturated rings. The molecule has 4 saturated heterocycles. The van der Waals surface area contributed by atoms with Crippen molar-refractivity contribution in [3.8, 4) is 0 Å². The van der Waals surface area contributed by atoms with Gasteiger partial charge in [-0.15, -0.1) is 0 Å². The summed E-state index contributed by atoms with van der Waals surface area (Å²) in [5.74, 6) is -5.29. The second-order valence-electron chi connectivity index (χ2n) is 15.6. The first-order valence-electron chi connectivity index (χ1n) is 20.2. The maximum atomic E-state index is 12.8. The van der Waals surface area contributed by atoms with Gasteiger partial charge in [0.2, 0.25) is 17.7 Å². The summed E-state index contributed by atoms with van der Waals surface area (Å²) >= 11 is 0. The number of carboxylic acids is 2. The van der Waals surface area contributed by atoms with E-state index in [4.69, 9.17) is 48.4 Å². The number of nitrogens with one attached hydrogen (secondary N) is 3. The van der Waals surface area contributed by atoms with Crippen molar-refractivity contribution in [1.29, 1.82) is 0 Å². The zero-order valence-electron chi connectivity index (χ0n) is 35.3. The van der Waals surface area contributed by atoms with Gasteiger partial charge in [0.1, 0.15) is 91.4 Å². The number of hydrogen-bond acceptors (Lipinski definition) is 23. The molecule has 15 N–H and O–H groups in total. The topological polar surface area (TPSA) is 433 Å². The molecule has 368 valence electrons. The van der Waals surface area contributed by atoms with Crippen molar-refractivity contribution >= 4 is 29.7 Å². The summed E-state index contributed by atoms with van der Waals surface area (Å²) < 4.78 is 53.0. The smallest absolute Gasteiger partial charge is 0.332 e. The van der Waals surface area contributed by atoms with E-state index in [1.54, 1.807) is 0 Å². The lowest BCUT2D eigenvalue weighted by atomic mass is 9.93. The molecule has 22 unspecified atom stereocenters. The van der Waals surface area contributed by atoms with Crippen LogP contribution in [0.5, 0.6) is 0 Å². The number of amides is 3. The molecule has 0 spiro atoms. The summed E-state index contributed by atoms with van der Waals surface area (Å²) in [5.41, 5.74) is 6.10. The highest BCUT2D eigenvalue weighted by Crippen LogP contribution is 2.36. The highest BCUT2D eigenvalue weighted by atomic mass is 16.8. The van der Waals surface area contributed by atoms with E-state index in [1.807, 2.05) is 0 Å². The van der Waals surface area contributed by atoms with Crippen LogP contribution in [0.2, 0.25) is 0 Å². The number of aliphatic carboxylic acids is 2. The van der Waals surface area contributed by atoms with Gasteiger partial charge >= 0.3 is 11.9 Å². The van der Waals surface area contributed by atoms with E-state index < -0.39 is 191 Å². The van der Waals surface area contributed by atoms with Crippen LogP contribution in [0, 0.1) is 0 Å². The number of ether oxygens (including phenoxy) is 9. The number of aliphatic hydroxyl groups excluding tert-OH is 8. The van der Waals surface area contributed by atoms with Crippen LogP contribution in [0.25, 0.3) is 0 Å². The summed E-state index contributed by atoms with van der Waals surface area (Å²) in [6.45, 7) is 1.72. The normalized spacial score (nSPS) is 41.3. The van der Waals surface area contributed by atoms with E-state index in [9.17, 15) is 75.0 Å². The molecular formula is C36H60N4O24. The first-order chi connectivity index (χ1) is 30.1. The fourth-order valence-electron chi connectivity index (χ4n) is 7.68. The molecule has 0 aromatic carbocycles. The Kier molecular flexibility index (Phi) is 19.5. The van der Waals surface area contributed by atoms with Crippen LogP contribution in [-0.2, 0) is 66.6 Å². The van der Waals surface area contributed by atoms with Crippen LogP contribution in [0.1, 0.15) is 34.6 Å². The average Bonchev–Trinajstić information content (AvgIpc) is 3.23. The zero-order chi connectivity index (χ0) is 47.9. The van der Waals surface area contributed by atoms with Gasteiger partial charge in [0.05, 0.1) is 32.5 Å². The standard InChI is InChI=1S/C36H60N4O24/c1-10(31(51)52)56-29-19(37)33(55)58-17(8-43)27(29)63-35-21(39-13(4)46)25(50)26(16(7-42)60-35)62-36-22(40-14(5)47)30(57-11(2)32(53)54)28(18(9-44)61-36)64-34-20(38-12(3)45)24(49)23(48)15(6-41)59-34/h10-11,15-30,33-36,41-44,48-50,55H,6-9,37H2,1-5H3,(H,38,45)(H,39,46)(H,40,47)(H,51,52)(H,53,54). The molecule has 28 nitrogen and oxygen atoms in total. The number of carbonyl (C=O) groups excluding carboxylic acids is 3. The predicted octanol–water partition coefficient (Wildman–Crippen LogP) is -8.36. The summed E-state index contributed by atoms with van der Waals surface area (Å²) in [6.07, 6.45) is -30.7. The summed E-state index contributed by atoms with van der Waals surface area (Å²) in [4.78, 5) is 61.4. The first kappa shape index (κ1) is 53.2. The van der Waals surface area contributed by atoms with E-state index in [0.717, 1.165) is 34.6 Å². The van der Waals surface area contributed by atoms with Crippen molar-refractivity contribution in [2.45, 2.75) is 169 Å². The summed E-state index contributed by atoms with van der Waals surface area (Å²) in [5, 5.41) is 112. The Labute approximate surface area is 364 Å². The molecular weight excluding hydrogens is 872 g/mol. The average molecular weight is 933 g/mol. The lowest BCUT2D eigenvalue weighted by Gasteiger charge is -2.51. The third-order valence-corrected chi connectivity index (χ3v) is 10.9. The molecule has 0 bridgehead atoms. The van der Waals surface area contributed by atoms with Crippen molar-refractivity contribution in [2.75, 3.05) is 26.4 Å². The van der Waals surface area contributed by atoms with Crippen molar-refractivity contribution < 1.29 is 118 Å². The molecule has 28 heteroatoms. The van der Waals surface area contributed by atoms with Crippen LogP contribution in [0.3, 0.4) is 0 Å². The molecule has 4 aliphatic rings. The second kappa shape index (κ2) is 23.4. The lowest BCUT2D eigenvalue weighted by Crippen LogP contribution is -2.72. The van der Waals surface area contributed by atoms with Crippen LogP contribution in [-0.4, -0.2) is 242 Å². The second-order valence-corrected chi connectivity index (χ2v) is 15.6. The van der Waals surface area contributed by atoms with E-state index in [0.29, 0.717) is 0 Å². The number of aliphatic hydroxyl groups is 8. The number of rotatable bonds is 19. The SMILES string of the molecule is CC(=O)NC1C(OC2C(CO)OC(OC3C(CO)OC(OC4C(CO)OC(O)C(N)C4OC(C)C(=O)O)C(NC(C)=O)C3O)C(NC(C)=O)C2OC(C)C(=O)O)OC(CO)C(O)C1O. The van der Waals surface area contributed by atoms with Crippen LogP contribution in [0.15, 0.2) is 0 Å². The van der Waals surface area contributed by atoms with Crippen LogP contribution < -0.4 is 21.7 Å². The van der Waals surface area contributed by atoms with Gasteiger partial charge in [-0.1, -0.05) is 0 Å². The highest BCUT2D eigenvalue weighted by molar-refractivity contribution is 5.74. The molecule has 4 heterocycles. The minimum absolute atomic E-state index is 0.730. The van der Waals surface area contributed by atoms with E-state index >= 15 is 0 Å². The molecule has 4 aliphatic heterocycles. The fourth-order valence-corrected chi connectivity index (χ4v) is 7.68. The third kappa shape index (κ3) is 12.5. The molecule has 22 atom stereocenters. The van der Waals surface area contributed by atoms with Crippen molar-refractivity contribution in [3.05, 3.63) is 0 Å². The Morgan fingerprint density at radius 3 is 1.33 bits per heavy atom. The van der Waals surface area contributed by atoms with E-state index in [2.05, 4.69) is 16.0 Å². The molecule has 0 aliphatic carbocycles. The number of carboxylic acid groups (broad SMARTS) is 2. The van der Waals surface area contributed by atoms with Gasteiger partial charge in [0, 0.05) is 20.8 Å². The molecule has 0 aromatic heterocycles. The Bertz CT molecular complexity index is 1580. The lowest BCUT2D eigenvalue weighted by molar-refractivity contribution is -0.365. The van der Waals surface area contributed by atoms with Crippen LogP contribution in [0.4, 0.5) is 0 Å². The molecule has 4 rings (SSSR count). The Balaban J connectivity index is 1.73. The van der Waals surface area contributed by atoms with Gasteiger partial charge in [-0.05, 0) is 13.8 Å². The maximum absolute atomic E-state index is 12.8. The fraction of sp³-hybridized carbons (Fsp3) is 0.861. The molecule has 0 aromatic rings. The minimum Gasteiger partial charge on any atom is -0.479 e. The highest BCUT2D eigenvalue weighted by Gasteiger charge is 2.57. The maximum Gasteiger partial charge on any atom is 0.332 e. The third-order valence-electron chi connectivity index (χ3n) is 10.9. The number of carbonyl (C=O) groups is 5. The zero-order valence-corrected chi connectivity index (χ0v) is 35.3. The number of nitrogens with two attached hydrogens (primary N) is 1. The monoisotopic (exact) mass is 932 g/mol. The number of hydrogen-bond donors (Lipinski definition) is 14. The van der Waals surface area contributed by atoms with Crippen molar-refractivity contribution in [1.82, 2.24) is 16.0 Å². The molecule has 64 heavy (non-hydrogen) atoms. The predicted molar refractivity (Wildman–Crippen MR) is 203 cm³/mol.